The van der Waals surface area contributed by atoms with Crippen molar-refractivity contribution in [2.24, 2.45) is 17.3 Å². The van der Waals surface area contributed by atoms with E-state index < -0.39 is 11.5 Å². The lowest BCUT2D eigenvalue weighted by Crippen LogP contribution is -2.42. The summed E-state index contributed by atoms with van der Waals surface area (Å²) in [7, 11) is 0. The van der Waals surface area contributed by atoms with Crippen LogP contribution in [0.4, 0.5) is 0 Å². The van der Waals surface area contributed by atoms with Crippen LogP contribution in [0.25, 0.3) is 0 Å². The molecule has 0 radical (unpaired) electrons. The molecule has 0 saturated carbocycles. The summed E-state index contributed by atoms with van der Waals surface area (Å²) in [4.78, 5) is 23.2. The summed E-state index contributed by atoms with van der Waals surface area (Å²) in [6, 6.07) is 0. The molecule has 0 rings (SSSR count). The first-order valence-electron chi connectivity index (χ1n) is 6.68. The number of aliphatic hydroxyl groups is 1. The van der Waals surface area contributed by atoms with E-state index >= 15 is 0 Å². The summed E-state index contributed by atoms with van der Waals surface area (Å²) in [5, 5.41) is 9.85. The summed E-state index contributed by atoms with van der Waals surface area (Å²) >= 11 is 0. The Labute approximate surface area is 111 Å². The van der Waals surface area contributed by atoms with Crippen LogP contribution in [0.5, 0.6) is 0 Å². The van der Waals surface area contributed by atoms with E-state index in [1.165, 1.54) is 6.92 Å². The van der Waals surface area contributed by atoms with Gasteiger partial charge in [0.25, 0.3) is 0 Å². The number of Topliss-reactive ketones (excluding diaryl/α,β-unsaturated/α-hetero) is 2. The average molecular weight is 255 g/mol. The SMILES string of the molecule is [CH2+]C(O)C(C(C)CC)C(C)(C)C(=O)CCC(C)=O. The highest BCUT2D eigenvalue weighted by Crippen LogP contribution is 2.38. The van der Waals surface area contributed by atoms with Crippen molar-refractivity contribution in [1.82, 2.24) is 0 Å². The van der Waals surface area contributed by atoms with Crippen LogP contribution < -0.4 is 0 Å². The van der Waals surface area contributed by atoms with Crippen molar-refractivity contribution in [1.29, 1.82) is 0 Å². The van der Waals surface area contributed by atoms with Crippen LogP contribution in [-0.4, -0.2) is 22.8 Å². The summed E-state index contributed by atoms with van der Waals surface area (Å²) in [6.07, 6.45) is 0.655. The van der Waals surface area contributed by atoms with Gasteiger partial charge in [-0.25, -0.2) is 0 Å². The summed E-state index contributed by atoms with van der Waals surface area (Å²) in [5.41, 5.74) is -0.647. The van der Waals surface area contributed by atoms with Gasteiger partial charge in [-0.1, -0.05) is 34.1 Å². The highest BCUT2D eigenvalue weighted by atomic mass is 16.3. The van der Waals surface area contributed by atoms with Crippen LogP contribution in [0.1, 0.15) is 53.9 Å². The maximum Gasteiger partial charge on any atom is 0.196 e. The molecule has 3 unspecified atom stereocenters. The number of hydrogen-bond donors (Lipinski definition) is 1. The lowest BCUT2D eigenvalue weighted by Gasteiger charge is -2.36. The first kappa shape index (κ1) is 17.2. The minimum atomic E-state index is -0.767. The van der Waals surface area contributed by atoms with Crippen LogP contribution in [0, 0.1) is 24.2 Å². The molecular weight excluding hydrogens is 228 g/mol. The normalized spacial score (nSPS) is 17.0. The van der Waals surface area contributed by atoms with Crippen molar-refractivity contribution in [3.63, 3.8) is 0 Å². The fourth-order valence-corrected chi connectivity index (χ4v) is 2.62. The van der Waals surface area contributed by atoms with Gasteiger partial charge >= 0.3 is 0 Å². The second kappa shape index (κ2) is 6.93. The molecular formula is C15H27O3+. The van der Waals surface area contributed by atoms with Crippen molar-refractivity contribution >= 4 is 11.6 Å². The molecule has 0 fully saturated rings. The minimum Gasteiger partial charge on any atom is -0.353 e. The fourth-order valence-electron chi connectivity index (χ4n) is 2.62. The second-order valence-electron chi connectivity index (χ2n) is 5.83. The Kier molecular flexibility index (Phi) is 6.61. The van der Waals surface area contributed by atoms with Gasteiger partial charge < -0.3 is 9.90 Å². The van der Waals surface area contributed by atoms with Gasteiger partial charge in [-0.2, -0.15) is 0 Å². The summed E-state index contributed by atoms with van der Waals surface area (Å²) in [6.45, 7) is 12.9. The quantitative estimate of drug-likeness (QED) is 0.678. The Hall–Kier alpha value is -0.830. The molecule has 0 saturated heterocycles. The molecule has 0 aromatic rings. The van der Waals surface area contributed by atoms with Crippen molar-refractivity contribution in [3.8, 4) is 0 Å². The van der Waals surface area contributed by atoms with Gasteiger partial charge in [-0.15, -0.1) is 0 Å². The molecule has 0 aliphatic heterocycles. The van der Waals surface area contributed by atoms with Gasteiger partial charge in [0.2, 0.25) is 0 Å². The van der Waals surface area contributed by atoms with Crippen molar-refractivity contribution < 1.29 is 14.7 Å². The van der Waals surface area contributed by atoms with Crippen LogP contribution in [0.3, 0.4) is 0 Å². The molecule has 0 aliphatic carbocycles. The molecule has 0 amide bonds. The second-order valence-corrected chi connectivity index (χ2v) is 5.83. The van der Waals surface area contributed by atoms with E-state index in [1.807, 2.05) is 27.7 Å². The molecule has 0 aliphatic rings. The maximum absolute atomic E-state index is 12.2. The highest BCUT2D eigenvalue weighted by molar-refractivity contribution is 5.88. The topological polar surface area (TPSA) is 54.4 Å². The Morgan fingerprint density at radius 1 is 1.28 bits per heavy atom. The van der Waals surface area contributed by atoms with E-state index in [1.54, 1.807) is 0 Å². The molecule has 3 heteroatoms. The van der Waals surface area contributed by atoms with Crippen LogP contribution in [0.2, 0.25) is 0 Å². The van der Waals surface area contributed by atoms with Crippen molar-refractivity contribution in [2.45, 2.75) is 60.0 Å². The minimum absolute atomic E-state index is 0.0226. The predicted molar refractivity (Wildman–Crippen MR) is 73.0 cm³/mol. The van der Waals surface area contributed by atoms with Gasteiger partial charge in [0, 0.05) is 24.2 Å². The Morgan fingerprint density at radius 2 is 1.78 bits per heavy atom. The van der Waals surface area contributed by atoms with Gasteiger partial charge in [0.1, 0.15) is 11.6 Å². The first-order chi connectivity index (χ1) is 8.14. The molecule has 0 spiro atoms. The largest absolute Gasteiger partial charge is 0.353 e. The number of rotatable bonds is 8. The number of aliphatic hydroxyl groups excluding tert-OH is 1. The van der Waals surface area contributed by atoms with Crippen molar-refractivity contribution in [3.05, 3.63) is 6.92 Å². The zero-order valence-electron chi connectivity index (χ0n) is 12.3. The third kappa shape index (κ3) is 4.45. The third-order valence-electron chi connectivity index (χ3n) is 3.93. The molecule has 18 heavy (non-hydrogen) atoms. The van der Waals surface area contributed by atoms with Crippen LogP contribution >= 0.6 is 0 Å². The molecule has 3 atom stereocenters. The van der Waals surface area contributed by atoms with Crippen molar-refractivity contribution in [2.75, 3.05) is 0 Å². The molecule has 1 N–H and O–H groups in total. The van der Waals surface area contributed by atoms with E-state index in [4.69, 9.17) is 0 Å². The van der Waals surface area contributed by atoms with E-state index in [2.05, 4.69) is 6.92 Å². The fraction of sp³-hybridized carbons (Fsp3) is 0.800. The first-order valence-corrected chi connectivity index (χ1v) is 6.68. The number of carbonyl (C=O) groups is 2. The third-order valence-corrected chi connectivity index (χ3v) is 3.93. The lowest BCUT2D eigenvalue weighted by molar-refractivity contribution is -0.135. The monoisotopic (exact) mass is 255 g/mol. The average Bonchev–Trinajstić information content (AvgIpc) is 2.24. The van der Waals surface area contributed by atoms with Gasteiger partial charge in [-0.05, 0) is 12.8 Å². The Balaban J connectivity index is 4.93. The molecule has 3 nitrogen and oxygen atoms in total. The lowest BCUT2D eigenvalue weighted by atomic mass is 9.66. The maximum atomic E-state index is 12.2. The van der Waals surface area contributed by atoms with Crippen LogP contribution in [0.15, 0.2) is 0 Å². The molecule has 104 valence electrons. The summed E-state index contributed by atoms with van der Waals surface area (Å²) in [5.74, 6) is 0.0934. The number of carbonyl (C=O) groups excluding carboxylic acids is 2. The zero-order valence-corrected chi connectivity index (χ0v) is 12.3. The molecule has 0 aromatic heterocycles. The van der Waals surface area contributed by atoms with Gasteiger partial charge in [0.15, 0.2) is 6.10 Å². The Bertz CT molecular complexity index is 292. The summed E-state index contributed by atoms with van der Waals surface area (Å²) < 4.78 is 0. The Morgan fingerprint density at radius 3 is 2.11 bits per heavy atom. The van der Waals surface area contributed by atoms with E-state index in [9.17, 15) is 14.7 Å². The molecule has 0 aromatic carbocycles. The predicted octanol–water partition coefficient (Wildman–Crippen LogP) is 2.81. The standard InChI is InChI=1S/C15H27O3/c1-7-10(2)14(12(4)17)15(5,6)13(18)9-8-11(3)16/h10,12,14,17H,4,7-9H2,1-3,5-6H3/q+1. The molecule has 0 bridgehead atoms. The van der Waals surface area contributed by atoms with Crippen LogP contribution in [-0.2, 0) is 9.59 Å². The van der Waals surface area contributed by atoms with E-state index in [-0.39, 0.29) is 36.2 Å². The number of hydrogen-bond acceptors (Lipinski definition) is 3. The zero-order chi connectivity index (χ0) is 14.5. The van der Waals surface area contributed by atoms with E-state index in [0.717, 1.165) is 6.42 Å². The van der Waals surface area contributed by atoms with Gasteiger partial charge in [0.05, 0.1) is 6.92 Å². The van der Waals surface area contributed by atoms with Gasteiger partial charge in [-0.3, -0.25) is 4.79 Å². The van der Waals surface area contributed by atoms with E-state index in [0.29, 0.717) is 0 Å². The molecule has 0 heterocycles. The smallest absolute Gasteiger partial charge is 0.196 e. The number of ketones is 2. The highest BCUT2D eigenvalue weighted by Gasteiger charge is 2.43.